The highest BCUT2D eigenvalue weighted by molar-refractivity contribution is 5.83. The van der Waals surface area contributed by atoms with Crippen LogP contribution in [0.1, 0.15) is 5.69 Å². The topological polar surface area (TPSA) is 67.4 Å². The molecule has 1 saturated heterocycles. The molecule has 2 aromatic rings. The summed E-state index contributed by atoms with van der Waals surface area (Å²) in [5, 5.41) is 16.5. The Morgan fingerprint density at radius 1 is 1.23 bits per heavy atom. The van der Waals surface area contributed by atoms with Crippen molar-refractivity contribution in [3.63, 3.8) is 0 Å². The minimum Gasteiger partial charge on any atom is -0.304 e. The maximum absolute atomic E-state index is 11.0. The number of hydrogen-bond acceptors (Lipinski definition) is 5. The second kappa shape index (κ2) is 6.02. The molecule has 0 atom stereocenters. The molecule has 0 bridgehead atoms. The Labute approximate surface area is 129 Å². The zero-order chi connectivity index (χ0) is 15.7. The molecule has 22 heavy (non-hydrogen) atoms. The minimum atomic E-state index is -0.355. The zero-order valence-corrected chi connectivity index (χ0v) is 13.0. The fourth-order valence-electron chi connectivity index (χ4n) is 2.92. The lowest BCUT2D eigenvalue weighted by molar-refractivity contribution is -0.384. The molecule has 3 rings (SSSR count). The van der Waals surface area contributed by atoms with Crippen molar-refractivity contribution in [3.05, 3.63) is 34.0 Å². The molecule has 1 aromatic heterocycles. The number of nitro groups is 1. The predicted octanol–water partition coefficient (Wildman–Crippen LogP) is 1.50. The minimum absolute atomic E-state index is 0.119. The molecule has 1 aliphatic rings. The number of aromatic nitrogens is 2. The Kier molecular flexibility index (Phi) is 4.08. The first-order valence-corrected chi connectivity index (χ1v) is 7.57. The molecular weight excluding hydrogens is 282 g/mol. The van der Waals surface area contributed by atoms with Crippen molar-refractivity contribution in [2.75, 3.05) is 39.8 Å². The molecule has 0 unspecified atom stereocenters. The van der Waals surface area contributed by atoms with Gasteiger partial charge in [-0.25, -0.2) is 0 Å². The van der Waals surface area contributed by atoms with Gasteiger partial charge in [-0.2, -0.15) is 5.10 Å². The van der Waals surface area contributed by atoms with Crippen molar-refractivity contribution >= 4 is 16.6 Å². The molecule has 1 fully saturated rings. The van der Waals surface area contributed by atoms with Crippen LogP contribution in [-0.4, -0.2) is 64.3 Å². The third kappa shape index (κ3) is 2.95. The van der Waals surface area contributed by atoms with Crippen LogP contribution in [0.3, 0.4) is 0 Å². The lowest BCUT2D eigenvalue weighted by atomic mass is 10.2. The summed E-state index contributed by atoms with van der Waals surface area (Å²) < 4.78 is 1.90. The van der Waals surface area contributed by atoms with Crippen LogP contribution in [0.25, 0.3) is 10.9 Å². The number of piperazine rings is 1. The molecule has 7 nitrogen and oxygen atoms in total. The number of nitro benzene ring substituents is 1. The van der Waals surface area contributed by atoms with Gasteiger partial charge in [0.05, 0.1) is 22.7 Å². The lowest BCUT2D eigenvalue weighted by Crippen LogP contribution is -2.45. The molecule has 2 heterocycles. The maximum atomic E-state index is 11.0. The molecule has 7 heteroatoms. The van der Waals surface area contributed by atoms with Crippen molar-refractivity contribution in [3.8, 4) is 0 Å². The van der Waals surface area contributed by atoms with Crippen LogP contribution >= 0.6 is 0 Å². The van der Waals surface area contributed by atoms with E-state index in [1.165, 1.54) is 0 Å². The van der Waals surface area contributed by atoms with Crippen molar-refractivity contribution in [1.82, 2.24) is 19.6 Å². The number of benzene rings is 1. The monoisotopic (exact) mass is 303 g/mol. The standard InChI is InChI=1S/C15H21N5O2/c1-12-14-4-3-13(20(21)22)11-15(14)19(16-12)10-9-18-7-5-17(2)6-8-18/h3-4,11H,5-10H2,1-2H3. The molecule has 0 N–H and O–H groups in total. The quantitative estimate of drug-likeness (QED) is 0.632. The van der Waals surface area contributed by atoms with E-state index in [2.05, 4.69) is 21.9 Å². The number of likely N-dealkylation sites (N-methyl/N-ethyl adjacent to an activating group) is 1. The highest BCUT2D eigenvalue weighted by Crippen LogP contribution is 2.23. The Balaban J connectivity index is 1.78. The fraction of sp³-hybridized carbons (Fsp3) is 0.533. The maximum Gasteiger partial charge on any atom is 0.271 e. The van der Waals surface area contributed by atoms with E-state index in [1.54, 1.807) is 18.2 Å². The van der Waals surface area contributed by atoms with Crippen LogP contribution in [0.15, 0.2) is 18.2 Å². The first-order valence-electron chi connectivity index (χ1n) is 7.57. The number of aryl methyl sites for hydroxylation is 1. The summed E-state index contributed by atoms with van der Waals surface area (Å²) in [6.45, 7) is 7.93. The third-order valence-corrected chi connectivity index (χ3v) is 4.35. The Hall–Kier alpha value is -1.99. The fourth-order valence-corrected chi connectivity index (χ4v) is 2.92. The van der Waals surface area contributed by atoms with Crippen LogP contribution in [-0.2, 0) is 6.54 Å². The van der Waals surface area contributed by atoms with Gasteiger partial charge < -0.3 is 4.90 Å². The van der Waals surface area contributed by atoms with E-state index in [4.69, 9.17) is 0 Å². The predicted molar refractivity (Wildman–Crippen MR) is 85.1 cm³/mol. The summed E-state index contributed by atoms with van der Waals surface area (Å²) in [4.78, 5) is 15.4. The normalized spacial score (nSPS) is 17.2. The molecule has 1 aliphatic heterocycles. The van der Waals surface area contributed by atoms with E-state index in [-0.39, 0.29) is 10.6 Å². The Bertz CT molecular complexity index is 689. The Morgan fingerprint density at radius 2 is 1.95 bits per heavy atom. The molecule has 0 radical (unpaired) electrons. The first kappa shape index (κ1) is 14.9. The molecule has 0 saturated carbocycles. The summed E-state index contributed by atoms with van der Waals surface area (Å²) in [5.41, 5.74) is 1.89. The van der Waals surface area contributed by atoms with E-state index < -0.39 is 0 Å². The summed E-state index contributed by atoms with van der Waals surface area (Å²) in [6.07, 6.45) is 0. The summed E-state index contributed by atoms with van der Waals surface area (Å²) in [5.74, 6) is 0. The highest BCUT2D eigenvalue weighted by atomic mass is 16.6. The average molecular weight is 303 g/mol. The molecule has 1 aromatic carbocycles. The van der Waals surface area contributed by atoms with Gasteiger partial charge in [0.1, 0.15) is 0 Å². The summed E-state index contributed by atoms with van der Waals surface area (Å²) in [6, 6.07) is 4.96. The Morgan fingerprint density at radius 3 is 2.64 bits per heavy atom. The van der Waals surface area contributed by atoms with Crippen LogP contribution in [0, 0.1) is 17.0 Å². The number of nitrogens with zero attached hydrogens (tertiary/aromatic N) is 5. The molecule has 0 spiro atoms. The van der Waals surface area contributed by atoms with Gasteiger partial charge in [0.25, 0.3) is 5.69 Å². The van der Waals surface area contributed by atoms with Crippen molar-refractivity contribution < 1.29 is 4.92 Å². The zero-order valence-electron chi connectivity index (χ0n) is 13.0. The van der Waals surface area contributed by atoms with E-state index in [9.17, 15) is 10.1 Å². The highest BCUT2D eigenvalue weighted by Gasteiger charge is 2.16. The molecule has 0 amide bonds. The van der Waals surface area contributed by atoms with E-state index in [0.29, 0.717) is 0 Å². The van der Waals surface area contributed by atoms with Crippen LogP contribution in [0.5, 0.6) is 0 Å². The van der Waals surface area contributed by atoms with Gasteiger partial charge >= 0.3 is 0 Å². The average Bonchev–Trinajstić information content (AvgIpc) is 2.82. The summed E-state index contributed by atoms with van der Waals surface area (Å²) in [7, 11) is 2.14. The van der Waals surface area contributed by atoms with Gasteiger partial charge in [-0.05, 0) is 20.0 Å². The van der Waals surface area contributed by atoms with Crippen LogP contribution in [0.2, 0.25) is 0 Å². The smallest absolute Gasteiger partial charge is 0.271 e. The van der Waals surface area contributed by atoms with Gasteiger partial charge in [-0.15, -0.1) is 0 Å². The van der Waals surface area contributed by atoms with Crippen molar-refractivity contribution in [1.29, 1.82) is 0 Å². The second-order valence-corrected chi connectivity index (χ2v) is 5.91. The lowest BCUT2D eigenvalue weighted by Gasteiger charge is -2.32. The molecule has 118 valence electrons. The second-order valence-electron chi connectivity index (χ2n) is 5.91. The van der Waals surface area contributed by atoms with Crippen LogP contribution in [0.4, 0.5) is 5.69 Å². The van der Waals surface area contributed by atoms with Gasteiger partial charge in [0.2, 0.25) is 0 Å². The van der Waals surface area contributed by atoms with Gasteiger partial charge in [-0.1, -0.05) is 0 Å². The SMILES string of the molecule is Cc1nn(CCN2CCN(C)CC2)c2cc([N+](=O)[O-])ccc12. The summed E-state index contributed by atoms with van der Waals surface area (Å²) >= 11 is 0. The van der Waals surface area contributed by atoms with Crippen molar-refractivity contribution in [2.45, 2.75) is 13.5 Å². The van der Waals surface area contributed by atoms with Gasteiger partial charge in [-0.3, -0.25) is 19.7 Å². The molecular formula is C15H21N5O2. The third-order valence-electron chi connectivity index (χ3n) is 4.35. The largest absolute Gasteiger partial charge is 0.304 e. The first-order chi connectivity index (χ1) is 10.5. The van der Waals surface area contributed by atoms with Crippen LogP contribution < -0.4 is 0 Å². The van der Waals surface area contributed by atoms with E-state index in [1.807, 2.05) is 11.6 Å². The number of non-ortho nitro benzene ring substituents is 1. The van der Waals surface area contributed by atoms with E-state index in [0.717, 1.165) is 55.9 Å². The number of fused-ring (bicyclic) bond motifs is 1. The molecule has 0 aliphatic carbocycles. The van der Waals surface area contributed by atoms with Gasteiger partial charge in [0, 0.05) is 50.2 Å². The van der Waals surface area contributed by atoms with Crippen molar-refractivity contribution in [2.24, 2.45) is 0 Å². The van der Waals surface area contributed by atoms with E-state index >= 15 is 0 Å². The number of rotatable bonds is 4. The van der Waals surface area contributed by atoms with Gasteiger partial charge in [0.15, 0.2) is 0 Å². The number of hydrogen-bond donors (Lipinski definition) is 0.